The highest BCUT2D eigenvalue weighted by molar-refractivity contribution is 14.1. The number of carbonyl (C=O) groups is 1. The topological polar surface area (TPSA) is 42.0 Å². The second kappa shape index (κ2) is 2.16. The molecule has 3 nitrogen and oxygen atoms in total. The number of carbonyl (C=O) groups excluding carboxylic acids is 1. The van der Waals surface area contributed by atoms with Crippen molar-refractivity contribution in [3.8, 4) is 0 Å². The van der Waals surface area contributed by atoms with Crippen LogP contribution in [0, 0.1) is 3.01 Å². The molecule has 1 aromatic heterocycles. The molecule has 0 bridgehead atoms. The van der Waals surface area contributed by atoms with Gasteiger partial charge < -0.3 is 5.32 Å². The molecule has 5 heteroatoms. The molecule has 10 heavy (non-hydrogen) atoms. The van der Waals surface area contributed by atoms with Crippen LogP contribution in [0.3, 0.4) is 0 Å². The lowest BCUT2D eigenvalue weighted by Gasteiger charge is -1.85. The van der Waals surface area contributed by atoms with Crippen LogP contribution in [0.2, 0.25) is 0 Å². The minimum atomic E-state index is 0.0235. The van der Waals surface area contributed by atoms with Gasteiger partial charge in [-0.1, -0.05) is 0 Å². The van der Waals surface area contributed by atoms with Gasteiger partial charge in [0.1, 0.15) is 4.88 Å². The molecule has 0 saturated carbocycles. The second-order valence-corrected chi connectivity index (χ2v) is 4.68. The van der Waals surface area contributed by atoms with E-state index in [1.54, 1.807) is 0 Å². The van der Waals surface area contributed by atoms with Crippen molar-refractivity contribution in [2.45, 2.75) is 6.54 Å². The Kier molecular flexibility index (Phi) is 1.41. The van der Waals surface area contributed by atoms with E-state index in [0.29, 0.717) is 6.54 Å². The van der Waals surface area contributed by atoms with E-state index in [-0.39, 0.29) is 5.91 Å². The fourth-order valence-corrected chi connectivity index (χ4v) is 2.54. The number of nitrogens with zero attached hydrogens (tertiary/aromatic N) is 1. The third-order valence-corrected chi connectivity index (χ3v) is 3.08. The summed E-state index contributed by atoms with van der Waals surface area (Å²) in [5, 5.41) is 2.70. The number of hydrogen-bond acceptors (Lipinski definition) is 3. The first-order valence-corrected chi connectivity index (χ1v) is 4.60. The molecule has 0 aliphatic carbocycles. The zero-order chi connectivity index (χ0) is 7.14. The number of amides is 1. The van der Waals surface area contributed by atoms with Crippen LogP contribution in [0.4, 0.5) is 0 Å². The zero-order valence-corrected chi connectivity index (χ0v) is 7.82. The van der Waals surface area contributed by atoms with E-state index in [2.05, 4.69) is 32.9 Å². The Balaban J connectivity index is 2.59. The maximum absolute atomic E-state index is 10.9. The Morgan fingerprint density at radius 3 is 3.20 bits per heavy atom. The first-order chi connectivity index (χ1) is 4.77. The van der Waals surface area contributed by atoms with E-state index in [1.165, 1.54) is 11.3 Å². The summed E-state index contributed by atoms with van der Waals surface area (Å²) in [7, 11) is 0. The minimum Gasteiger partial charge on any atom is -0.346 e. The number of nitrogens with one attached hydrogen (secondary N) is 1. The number of aromatic nitrogens is 1. The lowest BCUT2D eigenvalue weighted by molar-refractivity contribution is 0.0969. The summed E-state index contributed by atoms with van der Waals surface area (Å²) in [5.74, 6) is 0.0235. The van der Waals surface area contributed by atoms with E-state index < -0.39 is 0 Å². The van der Waals surface area contributed by atoms with Crippen molar-refractivity contribution in [3.05, 3.63) is 13.6 Å². The summed E-state index contributed by atoms with van der Waals surface area (Å²) in [4.78, 5) is 15.9. The van der Waals surface area contributed by atoms with Crippen LogP contribution in [-0.2, 0) is 6.54 Å². The van der Waals surface area contributed by atoms with Crippen LogP contribution < -0.4 is 5.32 Å². The Bertz CT molecular complexity index is 296. The van der Waals surface area contributed by atoms with Crippen molar-refractivity contribution < 1.29 is 4.79 Å². The molecule has 2 heterocycles. The summed E-state index contributed by atoms with van der Waals surface area (Å²) in [6.07, 6.45) is 0. The quantitative estimate of drug-likeness (QED) is 0.711. The Morgan fingerprint density at radius 2 is 2.50 bits per heavy atom. The highest BCUT2D eigenvalue weighted by atomic mass is 127. The molecular formula is C5H3IN2OS. The predicted molar refractivity (Wildman–Crippen MR) is 46.0 cm³/mol. The van der Waals surface area contributed by atoms with Crippen LogP contribution in [0.15, 0.2) is 0 Å². The van der Waals surface area contributed by atoms with Crippen molar-refractivity contribution in [1.29, 1.82) is 0 Å². The molecule has 2 rings (SSSR count). The summed E-state index contributed by atoms with van der Waals surface area (Å²) >= 11 is 3.57. The number of fused-ring (bicyclic) bond motifs is 1. The Labute approximate surface area is 75.0 Å². The largest absolute Gasteiger partial charge is 0.346 e. The van der Waals surface area contributed by atoms with E-state index in [4.69, 9.17) is 0 Å². The van der Waals surface area contributed by atoms with E-state index in [1.807, 2.05) is 0 Å². The predicted octanol–water partition coefficient (Wildman–Crippen LogP) is 0.991. The van der Waals surface area contributed by atoms with Gasteiger partial charge >= 0.3 is 0 Å². The molecule has 1 aliphatic heterocycles. The van der Waals surface area contributed by atoms with Crippen molar-refractivity contribution in [2.75, 3.05) is 0 Å². The van der Waals surface area contributed by atoms with Gasteiger partial charge in [-0.15, -0.1) is 11.3 Å². The highest BCUT2D eigenvalue weighted by Crippen LogP contribution is 2.23. The number of thiazole rings is 1. The van der Waals surface area contributed by atoms with Gasteiger partial charge in [0.15, 0.2) is 3.01 Å². The average Bonchev–Trinajstić information content (AvgIpc) is 2.35. The monoisotopic (exact) mass is 266 g/mol. The standard InChI is InChI=1S/C5H3IN2OS/c6-5-8-2-1-7-4(9)3(2)10-5/h1H2,(H,7,9). The molecule has 1 N–H and O–H groups in total. The summed E-state index contributed by atoms with van der Waals surface area (Å²) in [6.45, 7) is 0.605. The third-order valence-electron chi connectivity index (χ3n) is 1.29. The highest BCUT2D eigenvalue weighted by Gasteiger charge is 2.22. The summed E-state index contributed by atoms with van der Waals surface area (Å²) in [5.41, 5.74) is 0.902. The number of hydrogen-bond donors (Lipinski definition) is 1. The average molecular weight is 266 g/mol. The van der Waals surface area contributed by atoms with Crippen molar-refractivity contribution in [1.82, 2.24) is 10.3 Å². The van der Waals surface area contributed by atoms with Gasteiger partial charge in [-0.2, -0.15) is 0 Å². The fraction of sp³-hybridized carbons (Fsp3) is 0.200. The van der Waals surface area contributed by atoms with Gasteiger partial charge in [0.25, 0.3) is 5.91 Å². The van der Waals surface area contributed by atoms with E-state index in [0.717, 1.165) is 13.6 Å². The molecular weight excluding hydrogens is 263 g/mol. The molecule has 1 amide bonds. The first kappa shape index (κ1) is 6.53. The molecule has 1 aliphatic rings. The zero-order valence-electron chi connectivity index (χ0n) is 4.85. The first-order valence-electron chi connectivity index (χ1n) is 2.71. The lowest BCUT2D eigenvalue weighted by atomic mass is 10.4. The maximum atomic E-state index is 10.9. The maximum Gasteiger partial charge on any atom is 0.263 e. The molecule has 0 aromatic carbocycles. The number of rotatable bonds is 0. The summed E-state index contributed by atoms with van der Waals surface area (Å²) < 4.78 is 0.942. The molecule has 52 valence electrons. The molecule has 0 radical (unpaired) electrons. The van der Waals surface area contributed by atoms with Crippen molar-refractivity contribution in [2.24, 2.45) is 0 Å². The van der Waals surface area contributed by atoms with Gasteiger partial charge in [0.05, 0.1) is 12.2 Å². The number of halogens is 1. The van der Waals surface area contributed by atoms with Gasteiger partial charge in [-0.25, -0.2) is 4.98 Å². The van der Waals surface area contributed by atoms with Crippen LogP contribution in [0.5, 0.6) is 0 Å². The van der Waals surface area contributed by atoms with Gasteiger partial charge in [0.2, 0.25) is 0 Å². The van der Waals surface area contributed by atoms with Crippen LogP contribution in [0.25, 0.3) is 0 Å². The van der Waals surface area contributed by atoms with Gasteiger partial charge in [0, 0.05) is 0 Å². The lowest BCUT2D eigenvalue weighted by Crippen LogP contribution is -2.12. The second-order valence-electron chi connectivity index (χ2n) is 1.93. The van der Waals surface area contributed by atoms with E-state index >= 15 is 0 Å². The summed E-state index contributed by atoms with van der Waals surface area (Å²) in [6, 6.07) is 0. The van der Waals surface area contributed by atoms with Crippen LogP contribution in [-0.4, -0.2) is 10.9 Å². The SMILES string of the molecule is O=C1NCc2nc(I)sc21. The normalized spacial score (nSPS) is 15.1. The van der Waals surface area contributed by atoms with Crippen molar-refractivity contribution >= 4 is 39.8 Å². The molecule has 0 spiro atoms. The third kappa shape index (κ3) is 0.842. The Hall–Kier alpha value is -0.170. The smallest absolute Gasteiger partial charge is 0.263 e. The fourth-order valence-electron chi connectivity index (χ4n) is 0.864. The van der Waals surface area contributed by atoms with E-state index in [9.17, 15) is 4.79 Å². The molecule has 0 fully saturated rings. The molecule has 0 saturated heterocycles. The van der Waals surface area contributed by atoms with Crippen LogP contribution >= 0.6 is 33.9 Å². The molecule has 0 atom stereocenters. The minimum absolute atomic E-state index is 0.0235. The molecule has 0 unspecified atom stereocenters. The molecule has 1 aromatic rings. The van der Waals surface area contributed by atoms with Gasteiger partial charge in [-0.3, -0.25) is 4.79 Å². The Morgan fingerprint density at radius 1 is 1.70 bits per heavy atom. The van der Waals surface area contributed by atoms with Gasteiger partial charge in [-0.05, 0) is 22.6 Å². The van der Waals surface area contributed by atoms with Crippen molar-refractivity contribution in [3.63, 3.8) is 0 Å². The van der Waals surface area contributed by atoms with Crippen LogP contribution in [0.1, 0.15) is 15.4 Å².